The molecule has 3 aliphatic carbocycles. The minimum Gasteiger partial charge on any atom is -0.479 e. The molecule has 6 nitrogen and oxygen atoms in total. The molecule has 4 unspecified atom stereocenters. The highest BCUT2D eigenvalue weighted by atomic mass is 35.5. The summed E-state index contributed by atoms with van der Waals surface area (Å²) in [6.07, 6.45) is 5.56. The number of hydrogen-bond donors (Lipinski definition) is 5. The second kappa shape index (κ2) is 27.1. The van der Waals surface area contributed by atoms with E-state index in [2.05, 4.69) is 107 Å². The number of nitrogens with one attached hydrogen (secondary N) is 3. The van der Waals surface area contributed by atoms with Gasteiger partial charge in [0.2, 0.25) is 0 Å². The van der Waals surface area contributed by atoms with Crippen molar-refractivity contribution < 1.29 is 15.0 Å². The van der Waals surface area contributed by atoms with Gasteiger partial charge in [-0.05, 0) is 153 Å². The van der Waals surface area contributed by atoms with E-state index in [0.717, 1.165) is 38.5 Å². The van der Waals surface area contributed by atoms with Crippen LogP contribution in [0.5, 0.6) is 0 Å². The number of aliphatic hydroxyl groups is 1. The van der Waals surface area contributed by atoms with Gasteiger partial charge in [0.25, 0.3) is 0 Å². The molecule has 0 saturated heterocycles. The lowest BCUT2D eigenvalue weighted by atomic mass is 9.77. The van der Waals surface area contributed by atoms with Gasteiger partial charge in [0.15, 0.2) is 0 Å². The van der Waals surface area contributed by atoms with Crippen molar-refractivity contribution in [3.05, 3.63) is 208 Å². The molecule has 0 bridgehead atoms. The third-order valence-corrected chi connectivity index (χ3v) is 15.1. The van der Waals surface area contributed by atoms with Gasteiger partial charge in [-0.1, -0.05) is 175 Å². The largest absolute Gasteiger partial charge is 0.479 e. The van der Waals surface area contributed by atoms with Crippen LogP contribution in [0.1, 0.15) is 146 Å². The van der Waals surface area contributed by atoms with E-state index in [1.165, 1.54) is 57.0 Å². The first-order valence-electron chi connectivity index (χ1n) is 22.3. The fourth-order valence-electron chi connectivity index (χ4n) is 9.50. The Balaban J connectivity index is 0.000000207. The highest BCUT2D eigenvalue weighted by Gasteiger charge is 2.30. The van der Waals surface area contributed by atoms with Crippen molar-refractivity contribution in [3.63, 3.8) is 0 Å². The first-order valence-corrected chi connectivity index (χ1v) is 24.6. The van der Waals surface area contributed by atoms with Gasteiger partial charge >= 0.3 is 5.97 Å². The van der Waals surface area contributed by atoms with Crippen molar-refractivity contribution >= 4 is 75.6 Å². The predicted octanol–water partition coefficient (Wildman–Crippen LogP) is 16.3. The van der Waals surface area contributed by atoms with E-state index >= 15 is 0 Å². The molecule has 0 spiro atoms. The molecule has 68 heavy (non-hydrogen) atoms. The van der Waals surface area contributed by atoms with Crippen molar-refractivity contribution in [2.75, 3.05) is 21.1 Å². The van der Waals surface area contributed by atoms with Gasteiger partial charge in [0, 0.05) is 35.9 Å². The fraction of sp³-hybridized carbons (Fsp3) is 0.339. The zero-order valence-corrected chi connectivity index (χ0v) is 42.0. The van der Waals surface area contributed by atoms with Crippen LogP contribution in [0.3, 0.4) is 0 Å². The molecular weight excluding hydrogens is 975 g/mol. The normalized spacial score (nSPS) is 20.2. The molecule has 0 aliphatic heterocycles. The predicted molar refractivity (Wildman–Crippen MR) is 290 cm³/mol. The quantitative estimate of drug-likeness (QED) is 0.109. The van der Waals surface area contributed by atoms with Crippen molar-refractivity contribution in [1.82, 2.24) is 16.0 Å². The minimum atomic E-state index is -1.23. The van der Waals surface area contributed by atoms with Crippen LogP contribution in [0.15, 0.2) is 127 Å². The lowest BCUT2D eigenvalue weighted by molar-refractivity contribution is -0.145. The Morgan fingerprint density at radius 2 is 0.676 bits per heavy atom. The third-order valence-electron chi connectivity index (χ3n) is 12.9. The number of carbonyl (C=O) groups is 1. The number of rotatable bonds is 7. The number of aliphatic hydroxyl groups excluding tert-OH is 1. The summed E-state index contributed by atoms with van der Waals surface area (Å²) in [5, 5.41) is 29.8. The van der Waals surface area contributed by atoms with Crippen LogP contribution in [0.25, 0.3) is 0 Å². The molecular formula is C56H65Cl6N3O3. The highest BCUT2D eigenvalue weighted by Crippen LogP contribution is 2.45. The molecule has 6 aromatic carbocycles. The van der Waals surface area contributed by atoms with E-state index in [1.54, 1.807) is 0 Å². The Morgan fingerprint density at radius 1 is 0.441 bits per heavy atom. The van der Waals surface area contributed by atoms with Crippen LogP contribution >= 0.6 is 69.6 Å². The van der Waals surface area contributed by atoms with Gasteiger partial charge in [-0.2, -0.15) is 0 Å². The zero-order valence-electron chi connectivity index (χ0n) is 37.5. The Kier molecular flexibility index (Phi) is 22.7. The van der Waals surface area contributed by atoms with Crippen molar-refractivity contribution in [2.24, 2.45) is 0 Å². The molecule has 0 heterocycles. The lowest BCUT2D eigenvalue weighted by Crippen LogP contribution is -2.24. The van der Waals surface area contributed by atoms with Crippen LogP contribution < -0.4 is 16.0 Å². The summed E-state index contributed by atoms with van der Waals surface area (Å²) in [4.78, 5) is 9.45. The SMILES string of the molecule is C.C.CC(O)C(=O)O.CNC1CC[C@@H](c2ccc(Cl)c(Cl)c2)c2ccccc21.CNC1CC[C@@H](c2ccc(Cl)c(Cl)c2)c2ccccc21.CNC1CC[C@H](c2ccc(Cl)c(Cl)c2)c2ccccc21. The van der Waals surface area contributed by atoms with Gasteiger partial charge in [0.05, 0.1) is 30.1 Å². The summed E-state index contributed by atoms with van der Waals surface area (Å²) in [7, 11) is 6.09. The second-order valence-corrected chi connectivity index (χ2v) is 19.3. The van der Waals surface area contributed by atoms with Gasteiger partial charge < -0.3 is 26.2 Å². The summed E-state index contributed by atoms with van der Waals surface area (Å²) in [6.45, 7) is 1.20. The van der Waals surface area contributed by atoms with E-state index in [0.29, 0.717) is 66.0 Å². The van der Waals surface area contributed by atoms with E-state index in [1.807, 2.05) is 57.5 Å². The number of benzene rings is 6. The summed E-state index contributed by atoms with van der Waals surface area (Å²) in [6, 6.07) is 45.3. The summed E-state index contributed by atoms with van der Waals surface area (Å²) < 4.78 is 0. The van der Waals surface area contributed by atoms with Gasteiger partial charge in [0.1, 0.15) is 6.10 Å². The van der Waals surface area contributed by atoms with E-state index in [-0.39, 0.29) is 14.9 Å². The van der Waals surface area contributed by atoms with E-state index < -0.39 is 12.1 Å². The third kappa shape index (κ3) is 14.0. The number of aliphatic carboxylic acids is 1. The highest BCUT2D eigenvalue weighted by molar-refractivity contribution is 6.43. The Hall–Kier alpha value is -3.63. The standard InChI is InChI=1S/3C17H17Cl2N.C3H6O3.2CH4/c3*1-20-17-9-7-12(13-4-2-3-5-14(13)17)11-6-8-15(18)16(19)10-11;1-2(4)3(5)6;;/h3*2-6,8,10,12,17,20H,7,9H2,1H3;2,4H,1H3,(H,5,6);2*1H4/t3*12-,17?;;;/m100.../s1. The van der Waals surface area contributed by atoms with Crippen LogP contribution in [-0.4, -0.2) is 43.4 Å². The average Bonchev–Trinajstić information content (AvgIpc) is 3.33. The number of carboxylic acid groups (broad SMARTS) is 1. The lowest BCUT2D eigenvalue weighted by Gasteiger charge is -2.32. The maximum Gasteiger partial charge on any atom is 0.332 e. The van der Waals surface area contributed by atoms with Gasteiger partial charge in [-0.3, -0.25) is 0 Å². The monoisotopic (exact) mass is 1040 g/mol. The van der Waals surface area contributed by atoms with Crippen LogP contribution in [-0.2, 0) is 4.79 Å². The summed E-state index contributed by atoms with van der Waals surface area (Å²) >= 11 is 36.6. The molecule has 7 atom stereocenters. The Labute approximate surface area is 434 Å². The Bertz CT molecular complexity index is 2310. The molecule has 6 aromatic rings. The maximum atomic E-state index is 9.45. The Morgan fingerprint density at radius 3 is 0.882 bits per heavy atom. The molecule has 0 fully saturated rings. The molecule has 0 radical (unpaired) electrons. The summed E-state index contributed by atoms with van der Waals surface area (Å²) in [5.74, 6) is 0.0386. The summed E-state index contributed by atoms with van der Waals surface area (Å²) in [5.41, 5.74) is 12.2. The van der Waals surface area contributed by atoms with E-state index in [9.17, 15) is 4.79 Å². The topological polar surface area (TPSA) is 93.6 Å². The number of fused-ring (bicyclic) bond motifs is 3. The number of hydrogen-bond acceptors (Lipinski definition) is 5. The molecule has 5 N–H and O–H groups in total. The van der Waals surface area contributed by atoms with Gasteiger partial charge in [-0.25, -0.2) is 4.79 Å². The first-order chi connectivity index (χ1) is 31.8. The van der Waals surface area contributed by atoms with Crippen LogP contribution in [0.2, 0.25) is 30.1 Å². The van der Waals surface area contributed by atoms with E-state index in [4.69, 9.17) is 79.8 Å². The van der Waals surface area contributed by atoms with Crippen molar-refractivity contribution in [3.8, 4) is 0 Å². The molecule has 12 heteroatoms. The fourth-order valence-corrected chi connectivity index (χ4v) is 10.4. The van der Waals surface area contributed by atoms with Crippen LogP contribution in [0, 0.1) is 0 Å². The molecule has 3 aliphatic rings. The van der Waals surface area contributed by atoms with Crippen molar-refractivity contribution in [2.45, 2.75) is 102 Å². The molecule has 0 aromatic heterocycles. The minimum absolute atomic E-state index is 0. The second-order valence-electron chi connectivity index (χ2n) is 16.8. The van der Waals surface area contributed by atoms with Gasteiger partial charge in [-0.15, -0.1) is 0 Å². The smallest absolute Gasteiger partial charge is 0.332 e. The zero-order chi connectivity index (χ0) is 47.5. The molecule has 9 rings (SSSR count). The first kappa shape index (κ1) is 57.0. The van der Waals surface area contributed by atoms with Crippen molar-refractivity contribution in [1.29, 1.82) is 0 Å². The molecule has 364 valence electrons. The van der Waals surface area contributed by atoms with Crippen LogP contribution in [0.4, 0.5) is 0 Å². The molecule has 0 amide bonds. The molecule has 0 saturated carbocycles. The number of halogens is 6. The number of carboxylic acids is 1. The maximum absolute atomic E-state index is 9.45. The average molecular weight is 1040 g/mol.